The summed E-state index contributed by atoms with van der Waals surface area (Å²) in [7, 11) is 0. The molecule has 0 spiro atoms. The Morgan fingerprint density at radius 3 is 2.79 bits per heavy atom. The van der Waals surface area contributed by atoms with Gasteiger partial charge in [0, 0.05) is 31.2 Å². The lowest BCUT2D eigenvalue weighted by Gasteiger charge is -2.10. The van der Waals surface area contributed by atoms with E-state index in [1.54, 1.807) is 6.20 Å². The minimum absolute atomic E-state index is 0.692. The SMILES string of the molecule is c1ccc(NNCc2cccc(OCCCn3ccnc3)c2)cc1. The molecule has 2 N–H and O–H groups in total. The molecule has 1 heterocycles. The van der Waals surface area contributed by atoms with Crippen molar-refractivity contribution in [2.75, 3.05) is 12.0 Å². The van der Waals surface area contributed by atoms with Gasteiger partial charge >= 0.3 is 0 Å². The molecule has 5 nitrogen and oxygen atoms in total. The summed E-state index contributed by atoms with van der Waals surface area (Å²) in [6.45, 7) is 2.33. The van der Waals surface area contributed by atoms with Gasteiger partial charge in [0.25, 0.3) is 0 Å². The minimum Gasteiger partial charge on any atom is -0.494 e. The summed E-state index contributed by atoms with van der Waals surface area (Å²) in [4.78, 5) is 4.03. The van der Waals surface area contributed by atoms with Crippen LogP contribution in [-0.4, -0.2) is 16.2 Å². The average molecular weight is 322 g/mol. The van der Waals surface area contributed by atoms with Crippen LogP contribution in [0.5, 0.6) is 5.75 Å². The molecule has 0 atom stereocenters. The van der Waals surface area contributed by atoms with Crippen molar-refractivity contribution in [2.45, 2.75) is 19.5 Å². The second-order valence-electron chi connectivity index (χ2n) is 5.49. The van der Waals surface area contributed by atoms with Gasteiger partial charge in [0.05, 0.1) is 12.9 Å². The second-order valence-corrected chi connectivity index (χ2v) is 5.49. The average Bonchev–Trinajstić information content (AvgIpc) is 3.14. The molecule has 3 aromatic rings. The molecule has 0 unspecified atom stereocenters. The molecule has 5 heteroatoms. The Bertz CT molecular complexity index is 713. The smallest absolute Gasteiger partial charge is 0.119 e. The van der Waals surface area contributed by atoms with E-state index in [1.807, 2.05) is 55.0 Å². The molecule has 24 heavy (non-hydrogen) atoms. The Morgan fingerprint density at radius 1 is 1.04 bits per heavy atom. The number of aromatic nitrogens is 2. The summed E-state index contributed by atoms with van der Waals surface area (Å²) < 4.78 is 7.88. The Kier molecular flexibility index (Phi) is 5.86. The Morgan fingerprint density at radius 2 is 1.96 bits per heavy atom. The molecule has 0 aliphatic rings. The zero-order chi connectivity index (χ0) is 16.5. The fourth-order valence-electron chi connectivity index (χ4n) is 2.37. The van der Waals surface area contributed by atoms with Crippen LogP contribution in [-0.2, 0) is 13.1 Å². The van der Waals surface area contributed by atoms with Crippen LogP contribution in [0.15, 0.2) is 73.3 Å². The van der Waals surface area contributed by atoms with Crippen molar-refractivity contribution in [1.29, 1.82) is 0 Å². The maximum atomic E-state index is 5.83. The lowest BCUT2D eigenvalue weighted by atomic mass is 10.2. The third-order valence-corrected chi connectivity index (χ3v) is 3.59. The van der Waals surface area contributed by atoms with Crippen molar-refractivity contribution in [2.24, 2.45) is 0 Å². The summed E-state index contributed by atoms with van der Waals surface area (Å²) in [6.07, 6.45) is 6.53. The number of nitrogens with zero attached hydrogens (tertiary/aromatic N) is 2. The van der Waals surface area contributed by atoms with E-state index in [1.165, 1.54) is 5.56 Å². The number of nitrogens with one attached hydrogen (secondary N) is 2. The van der Waals surface area contributed by atoms with Gasteiger partial charge in [0.1, 0.15) is 5.75 Å². The first-order valence-corrected chi connectivity index (χ1v) is 8.11. The lowest BCUT2D eigenvalue weighted by molar-refractivity contribution is 0.301. The van der Waals surface area contributed by atoms with Crippen LogP contribution >= 0.6 is 0 Å². The van der Waals surface area contributed by atoms with Gasteiger partial charge in [-0.05, 0) is 36.2 Å². The third-order valence-electron chi connectivity index (χ3n) is 3.59. The molecule has 0 amide bonds. The van der Waals surface area contributed by atoms with Gasteiger partial charge in [-0.15, -0.1) is 0 Å². The zero-order valence-corrected chi connectivity index (χ0v) is 13.6. The van der Waals surface area contributed by atoms with Crippen LogP contribution in [0.4, 0.5) is 5.69 Å². The largest absolute Gasteiger partial charge is 0.494 e. The molecule has 0 aliphatic carbocycles. The molecule has 0 bridgehead atoms. The lowest BCUT2D eigenvalue weighted by Crippen LogP contribution is -2.20. The number of aryl methyl sites for hydroxylation is 1. The number of para-hydroxylation sites is 1. The number of benzene rings is 2. The maximum Gasteiger partial charge on any atom is 0.119 e. The van der Waals surface area contributed by atoms with E-state index in [2.05, 4.69) is 32.5 Å². The van der Waals surface area contributed by atoms with Gasteiger partial charge in [0.2, 0.25) is 0 Å². The van der Waals surface area contributed by atoms with Crippen molar-refractivity contribution < 1.29 is 4.74 Å². The van der Waals surface area contributed by atoms with Crippen LogP contribution in [0.25, 0.3) is 0 Å². The number of rotatable bonds is 9. The topological polar surface area (TPSA) is 51.1 Å². The van der Waals surface area contributed by atoms with E-state index in [9.17, 15) is 0 Å². The van der Waals surface area contributed by atoms with Crippen LogP contribution in [0, 0.1) is 0 Å². The van der Waals surface area contributed by atoms with E-state index in [0.29, 0.717) is 6.61 Å². The number of ether oxygens (including phenoxy) is 1. The monoisotopic (exact) mass is 322 g/mol. The van der Waals surface area contributed by atoms with Crippen molar-refractivity contribution in [3.8, 4) is 5.75 Å². The van der Waals surface area contributed by atoms with Crippen LogP contribution in [0.1, 0.15) is 12.0 Å². The highest BCUT2D eigenvalue weighted by molar-refractivity contribution is 5.41. The first kappa shape index (κ1) is 16.1. The predicted octanol–water partition coefficient (Wildman–Crippen LogP) is 3.47. The number of anilines is 1. The van der Waals surface area contributed by atoms with E-state index in [0.717, 1.165) is 30.9 Å². The fraction of sp³-hybridized carbons (Fsp3) is 0.211. The van der Waals surface area contributed by atoms with E-state index < -0.39 is 0 Å². The van der Waals surface area contributed by atoms with Gasteiger partial charge in [-0.3, -0.25) is 0 Å². The zero-order valence-electron chi connectivity index (χ0n) is 13.6. The van der Waals surface area contributed by atoms with Gasteiger partial charge in [-0.25, -0.2) is 10.4 Å². The quantitative estimate of drug-likeness (QED) is 0.468. The van der Waals surface area contributed by atoms with Crippen LogP contribution in [0.3, 0.4) is 0 Å². The van der Waals surface area contributed by atoms with Gasteiger partial charge < -0.3 is 14.7 Å². The van der Waals surface area contributed by atoms with Crippen LogP contribution < -0.4 is 15.6 Å². The first-order chi connectivity index (χ1) is 11.9. The summed E-state index contributed by atoms with van der Waals surface area (Å²) in [5.74, 6) is 0.902. The summed E-state index contributed by atoms with van der Waals surface area (Å²) in [6, 6.07) is 18.2. The maximum absolute atomic E-state index is 5.83. The highest BCUT2D eigenvalue weighted by atomic mass is 16.5. The third kappa shape index (κ3) is 5.14. The molecular weight excluding hydrogens is 300 g/mol. The molecule has 0 saturated heterocycles. The van der Waals surface area contributed by atoms with E-state index in [-0.39, 0.29) is 0 Å². The second kappa shape index (κ2) is 8.74. The fourth-order valence-corrected chi connectivity index (χ4v) is 2.37. The standard InChI is InChI=1S/C19H22N4O/c1-2-7-18(8-3-1)22-21-15-17-6-4-9-19(14-17)24-13-5-11-23-12-10-20-16-23/h1-4,6-10,12,14,16,21-22H,5,11,13,15H2. The molecule has 1 aromatic heterocycles. The Labute approximate surface area is 142 Å². The highest BCUT2D eigenvalue weighted by Gasteiger charge is 1.98. The highest BCUT2D eigenvalue weighted by Crippen LogP contribution is 2.14. The molecule has 124 valence electrons. The minimum atomic E-state index is 0.692. The van der Waals surface area contributed by atoms with E-state index >= 15 is 0 Å². The van der Waals surface area contributed by atoms with Crippen molar-refractivity contribution in [1.82, 2.24) is 15.0 Å². The van der Waals surface area contributed by atoms with Crippen molar-refractivity contribution in [3.05, 3.63) is 78.9 Å². The van der Waals surface area contributed by atoms with E-state index in [4.69, 9.17) is 4.74 Å². The van der Waals surface area contributed by atoms with Gasteiger partial charge in [-0.2, -0.15) is 0 Å². The van der Waals surface area contributed by atoms with Gasteiger partial charge in [0.15, 0.2) is 0 Å². The van der Waals surface area contributed by atoms with Crippen LogP contribution in [0.2, 0.25) is 0 Å². The molecular formula is C19H22N4O. The first-order valence-electron chi connectivity index (χ1n) is 8.11. The normalized spacial score (nSPS) is 10.5. The summed E-state index contributed by atoms with van der Waals surface area (Å²) in [5, 5.41) is 0. The molecule has 3 rings (SSSR count). The van der Waals surface area contributed by atoms with Crippen molar-refractivity contribution in [3.63, 3.8) is 0 Å². The number of hydrogen-bond donors (Lipinski definition) is 2. The number of hydrazine groups is 1. The summed E-state index contributed by atoms with van der Waals surface area (Å²) in [5.41, 5.74) is 8.61. The predicted molar refractivity (Wildman–Crippen MR) is 95.7 cm³/mol. The molecule has 0 saturated carbocycles. The number of imidazole rings is 1. The van der Waals surface area contributed by atoms with Crippen molar-refractivity contribution >= 4 is 5.69 Å². The Hall–Kier alpha value is -2.79. The molecule has 2 aromatic carbocycles. The van der Waals surface area contributed by atoms with Gasteiger partial charge in [-0.1, -0.05) is 30.3 Å². The molecule has 0 radical (unpaired) electrons. The molecule has 0 fully saturated rings. The number of hydrogen-bond acceptors (Lipinski definition) is 4. The molecule has 0 aliphatic heterocycles. The Balaban J connectivity index is 1.40. The summed E-state index contributed by atoms with van der Waals surface area (Å²) >= 11 is 0.